The van der Waals surface area contributed by atoms with Crippen molar-refractivity contribution in [2.24, 2.45) is 0 Å². The summed E-state index contributed by atoms with van der Waals surface area (Å²) in [6.07, 6.45) is 0. The molecular weight excluding hydrogens is 356 g/mol. The maximum atomic E-state index is 11.8. The van der Waals surface area contributed by atoms with Crippen molar-refractivity contribution in [2.75, 3.05) is 18.2 Å². The van der Waals surface area contributed by atoms with Gasteiger partial charge >= 0.3 is 5.97 Å². The Labute approximate surface area is 136 Å². The molecule has 110 valence electrons. The molecule has 0 saturated carbocycles. The summed E-state index contributed by atoms with van der Waals surface area (Å²) in [5.41, 5.74) is 9.21. The van der Waals surface area contributed by atoms with Crippen LogP contribution in [0.25, 0.3) is 0 Å². The number of hydrogen-bond donors (Lipinski definition) is 2. The van der Waals surface area contributed by atoms with E-state index in [1.807, 2.05) is 19.1 Å². The topological polar surface area (TPSA) is 64.3 Å². The summed E-state index contributed by atoms with van der Waals surface area (Å²) in [5.74, 6) is -0.445. The molecule has 0 amide bonds. The molecule has 0 aliphatic heterocycles. The van der Waals surface area contributed by atoms with E-state index in [0.29, 0.717) is 27.6 Å². The molecule has 0 atom stereocenters. The Morgan fingerprint density at radius 1 is 1.29 bits per heavy atom. The zero-order valence-corrected chi connectivity index (χ0v) is 13.9. The Morgan fingerprint density at radius 3 is 2.67 bits per heavy atom. The van der Waals surface area contributed by atoms with E-state index >= 15 is 0 Å². The third-order valence-corrected chi connectivity index (χ3v) is 4.08. The fourth-order valence-electron chi connectivity index (χ4n) is 1.87. The number of nitrogens with two attached hydrogens (primary N) is 1. The van der Waals surface area contributed by atoms with Gasteiger partial charge in [-0.1, -0.05) is 27.5 Å². The fraction of sp³-hybridized carbons (Fsp3) is 0.133. The van der Waals surface area contributed by atoms with Gasteiger partial charge in [0, 0.05) is 9.50 Å². The van der Waals surface area contributed by atoms with Crippen molar-refractivity contribution in [1.29, 1.82) is 0 Å². The van der Waals surface area contributed by atoms with E-state index in [4.69, 9.17) is 22.1 Å². The Bertz CT molecular complexity index is 704. The maximum absolute atomic E-state index is 11.8. The summed E-state index contributed by atoms with van der Waals surface area (Å²) < 4.78 is 5.68. The molecule has 4 nitrogen and oxygen atoms in total. The van der Waals surface area contributed by atoms with E-state index in [0.717, 1.165) is 10.0 Å². The van der Waals surface area contributed by atoms with Crippen molar-refractivity contribution in [2.45, 2.75) is 6.92 Å². The first-order valence-electron chi connectivity index (χ1n) is 6.13. The Balaban J connectivity index is 2.46. The van der Waals surface area contributed by atoms with Crippen LogP contribution in [0.4, 0.5) is 17.1 Å². The van der Waals surface area contributed by atoms with Crippen LogP contribution in [0.2, 0.25) is 5.02 Å². The summed E-state index contributed by atoms with van der Waals surface area (Å²) in [6.45, 7) is 1.95. The molecule has 0 unspecified atom stereocenters. The highest BCUT2D eigenvalue weighted by molar-refractivity contribution is 9.10. The van der Waals surface area contributed by atoms with Crippen molar-refractivity contribution < 1.29 is 9.53 Å². The molecule has 0 aromatic heterocycles. The molecule has 0 fully saturated rings. The summed E-state index contributed by atoms with van der Waals surface area (Å²) >= 11 is 9.45. The first kappa shape index (κ1) is 15.7. The van der Waals surface area contributed by atoms with Crippen LogP contribution >= 0.6 is 27.5 Å². The predicted octanol–water partition coefficient (Wildman–Crippen LogP) is 4.52. The number of nitrogen functional groups attached to an aromatic ring is 1. The second-order valence-electron chi connectivity index (χ2n) is 4.50. The summed E-state index contributed by atoms with van der Waals surface area (Å²) in [6, 6.07) is 8.59. The summed E-state index contributed by atoms with van der Waals surface area (Å²) in [4.78, 5) is 11.8. The molecule has 0 bridgehead atoms. The van der Waals surface area contributed by atoms with Crippen molar-refractivity contribution in [3.05, 3.63) is 51.0 Å². The highest BCUT2D eigenvalue weighted by atomic mass is 79.9. The van der Waals surface area contributed by atoms with Gasteiger partial charge in [0.25, 0.3) is 0 Å². The third kappa shape index (κ3) is 3.49. The van der Waals surface area contributed by atoms with Gasteiger partial charge < -0.3 is 15.8 Å². The molecule has 21 heavy (non-hydrogen) atoms. The SMILES string of the molecule is COC(=O)c1ccc(Cl)cc1Nc1cc(Br)c(C)cc1N. The quantitative estimate of drug-likeness (QED) is 0.616. The number of nitrogens with one attached hydrogen (secondary N) is 1. The number of esters is 1. The zero-order chi connectivity index (χ0) is 15.6. The number of anilines is 3. The molecule has 0 radical (unpaired) electrons. The van der Waals surface area contributed by atoms with Gasteiger partial charge in [-0.15, -0.1) is 0 Å². The third-order valence-electron chi connectivity index (χ3n) is 2.99. The molecule has 2 aromatic rings. The smallest absolute Gasteiger partial charge is 0.339 e. The number of ether oxygens (including phenoxy) is 1. The zero-order valence-electron chi connectivity index (χ0n) is 11.5. The normalized spacial score (nSPS) is 10.3. The van der Waals surface area contributed by atoms with Gasteiger partial charge in [0.1, 0.15) is 0 Å². The second kappa shape index (κ2) is 6.37. The van der Waals surface area contributed by atoms with E-state index in [2.05, 4.69) is 21.2 Å². The number of aryl methyl sites for hydroxylation is 1. The molecule has 0 aliphatic rings. The van der Waals surface area contributed by atoms with Crippen LogP contribution in [-0.4, -0.2) is 13.1 Å². The number of carbonyl (C=O) groups excluding carboxylic acids is 1. The molecule has 2 rings (SSSR count). The van der Waals surface area contributed by atoms with Gasteiger partial charge in [-0.25, -0.2) is 4.79 Å². The van der Waals surface area contributed by atoms with E-state index in [-0.39, 0.29) is 0 Å². The highest BCUT2D eigenvalue weighted by Crippen LogP contribution is 2.32. The lowest BCUT2D eigenvalue weighted by molar-refractivity contribution is 0.0602. The van der Waals surface area contributed by atoms with Gasteiger partial charge in [-0.3, -0.25) is 0 Å². The minimum Gasteiger partial charge on any atom is -0.465 e. The number of carbonyl (C=O) groups is 1. The average molecular weight is 370 g/mol. The Kier molecular flexibility index (Phi) is 4.75. The predicted molar refractivity (Wildman–Crippen MR) is 89.4 cm³/mol. The molecular formula is C15H14BrClN2O2. The average Bonchev–Trinajstić information content (AvgIpc) is 2.44. The van der Waals surface area contributed by atoms with Crippen molar-refractivity contribution >= 4 is 50.6 Å². The molecule has 0 aliphatic carbocycles. The second-order valence-corrected chi connectivity index (χ2v) is 5.79. The van der Waals surface area contributed by atoms with Gasteiger partial charge in [-0.05, 0) is 42.8 Å². The molecule has 0 spiro atoms. The summed E-state index contributed by atoms with van der Waals surface area (Å²) in [5, 5.41) is 3.63. The number of rotatable bonds is 3. The minimum absolute atomic E-state index is 0.387. The van der Waals surface area contributed by atoms with E-state index in [9.17, 15) is 4.79 Å². The van der Waals surface area contributed by atoms with Crippen LogP contribution in [0.15, 0.2) is 34.8 Å². The number of methoxy groups -OCH3 is 1. The van der Waals surface area contributed by atoms with Crippen molar-refractivity contribution in [3.63, 3.8) is 0 Å². The highest BCUT2D eigenvalue weighted by Gasteiger charge is 2.14. The first-order valence-corrected chi connectivity index (χ1v) is 7.30. The maximum Gasteiger partial charge on any atom is 0.339 e. The largest absolute Gasteiger partial charge is 0.465 e. The molecule has 0 heterocycles. The molecule has 0 saturated heterocycles. The minimum atomic E-state index is -0.445. The van der Waals surface area contributed by atoms with Crippen LogP contribution in [0.5, 0.6) is 0 Å². The standard InChI is InChI=1S/C15H14BrClN2O2/c1-8-5-12(18)14(7-11(8)16)19-13-6-9(17)3-4-10(13)15(20)21-2/h3-7,19H,18H2,1-2H3. The van der Waals surface area contributed by atoms with Crippen LogP contribution < -0.4 is 11.1 Å². The van der Waals surface area contributed by atoms with E-state index < -0.39 is 5.97 Å². The van der Waals surface area contributed by atoms with Gasteiger partial charge in [0.15, 0.2) is 0 Å². The summed E-state index contributed by atoms with van der Waals surface area (Å²) in [7, 11) is 1.33. The molecule has 2 aromatic carbocycles. The lowest BCUT2D eigenvalue weighted by Crippen LogP contribution is -2.06. The monoisotopic (exact) mass is 368 g/mol. The first-order chi connectivity index (χ1) is 9.92. The van der Waals surface area contributed by atoms with Crippen LogP contribution in [0.3, 0.4) is 0 Å². The van der Waals surface area contributed by atoms with Crippen LogP contribution in [0, 0.1) is 6.92 Å². The van der Waals surface area contributed by atoms with E-state index in [1.54, 1.807) is 18.2 Å². The van der Waals surface area contributed by atoms with Gasteiger partial charge in [0.2, 0.25) is 0 Å². The lowest BCUT2D eigenvalue weighted by atomic mass is 10.1. The molecule has 6 heteroatoms. The van der Waals surface area contributed by atoms with E-state index in [1.165, 1.54) is 7.11 Å². The van der Waals surface area contributed by atoms with Crippen molar-refractivity contribution in [3.8, 4) is 0 Å². The van der Waals surface area contributed by atoms with Crippen LogP contribution in [0.1, 0.15) is 15.9 Å². The van der Waals surface area contributed by atoms with Gasteiger partial charge in [-0.2, -0.15) is 0 Å². The van der Waals surface area contributed by atoms with Crippen molar-refractivity contribution in [1.82, 2.24) is 0 Å². The fourth-order valence-corrected chi connectivity index (χ4v) is 2.38. The number of halogens is 2. The Morgan fingerprint density at radius 2 is 2.00 bits per heavy atom. The molecule has 3 N–H and O–H groups in total. The Hall–Kier alpha value is -1.72. The number of hydrogen-bond acceptors (Lipinski definition) is 4. The number of benzene rings is 2. The van der Waals surface area contributed by atoms with Crippen LogP contribution in [-0.2, 0) is 4.74 Å². The van der Waals surface area contributed by atoms with Gasteiger partial charge in [0.05, 0.1) is 29.7 Å². The lowest BCUT2D eigenvalue weighted by Gasteiger charge is -2.14.